The number of phenols is 1. The largest absolute Gasteiger partial charge is 0.508 e. The van der Waals surface area contributed by atoms with Crippen molar-refractivity contribution in [3.8, 4) is 5.75 Å². The zero-order chi connectivity index (χ0) is 21.8. The van der Waals surface area contributed by atoms with Crippen LogP contribution < -0.4 is 5.32 Å². The molecule has 6 nitrogen and oxygen atoms in total. The van der Waals surface area contributed by atoms with Gasteiger partial charge in [-0.05, 0) is 73.7 Å². The predicted molar refractivity (Wildman–Crippen MR) is 121 cm³/mol. The number of likely N-dealkylation sites (tertiary alicyclic amines) is 2. The van der Waals surface area contributed by atoms with Gasteiger partial charge in [0.1, 0.15) is 5.75 Å². The molecular formula is C24H28ClN3O3. The minimum absolute atomic E-state index is 0.0376. The second-order valence-corrected chi connectivity index (χ2v) is 8.90. The first-order valence-corrected chi connectivity index (χ1v) is 11.2. The Hall–Kier alpha value is -2.57. The van der Waals surface area contributed by atoms with Crippen LogP contribution in [0.3, 0.4) is 0 Å². The van der Waals surface area contributed by atoms with Gasteiger partial charge in [0, 0.05) is 30.3 Å². The lowest BCUT2D eigenvalue weighted by Gasteiger charge is -2.33. The average molecular weight is 442 g/mol. The summed E-state index contributed by atoms with van der Waals surface area (Å²) in [6.07, 6.45) is 2.67. The number of anilines is 1. The van der Waals surface area contributed by atoms with Crippen molar-refractivity contribution in [3.63, 3.8) is 0 Å². The van der Waals surface area contributed by atoms with Gasteiger partial charge in [-0.1, -0.05) is 23.7 Å². The molecular weight excluding hydrogens is 414 g/mol. The number of amides is 2. The van der Waals surface area contributed by atoms with E-state index in [0.29, 0.717) is 24.7 Å². The van der Waals surface area contributed by atoms with E-state index in [2.05, 4.69) is 22.3 Å². The number of rotatable bonds is 5. The lowest BCUT2D eigenvalue weighted by atomic mass is 9.89. The van der Waals surface area contributed by atoms with Gasteiger partial charge in [-0.3, -0.25) is 14.5 Å². The first-order valence-electron chi connectivity index (χ1n) is 10.8. The summed E-state index contributed by atoms with van der Waals surface area (Å²) >= 11 is 5.98. The molecule has 2 fully saturated rings. The number of aromatic hydroxyl groups is 1. The van der Waals surface area contributed by atoms with Crippen molar-refractivity contribution in [2.75, 3.05) is 38.0 Å². The number of hydrogen-bond donors (Lipinski definition) is 2. The van der Waals surface area contributed by atoms with Gasteiger partial charge in [-0.15, -0.1) is 0 Å². The molecule has 7 heteroatoms. The number of carbonyl (C=O) groups is 2. The lowest BCUT2D eigenvalue weighted by Crippen LogP contribution is -2.43. The van der Waals surface area contributed by atoms with Crippen LogP contribution in [0.5, 0.6) is 5.75 Å². The zero-order valence-corrected chi connectivity index (χ0v) is 18.2. The van der Waals surface area contributed by atoms with Gasteiger partial charge >= 0.3 is 0 Å². The van der Waals surface area contributed by atoms with Crippen LogP contribution in [0.15, 0.2) is 48.5 Å². The van der Waals surface area contributed by atoms with Gasteiger partial charge in [-0.25, -0.2) is 0 Å². The Morgan fingerprint density at radius 3 is 2.32 bits per heavy atom. The van der Waals surface area contributed by atoms with Crippen molar-refractivity contribution in [3.05, 3.63) is 59.1 Å². The summed E-state index contributed by atoms with van der Waals surface area (Å²) < 4.78 is 0. The highest BCUT2D eigenvalue weighted by atomic mass is 35.5. The molecule has 164 valence electrons. The molecule has 2 aliphatic heterocycles. The summed E-state index contributed by atoms with van der Waals surface area (Å²) in [7, 11) is 0. The number of nitrogens with one attached hydrogen (secondary N) is 1. The van der Waals surface area contributed by atoms with Gasteiger partial charge in [-0.2, -0.15) is 0 Å². The maximum atomic E-state index is 12.8. The molecule has 0 aliphatic carbocycles. The molecule has 2 aromatic rings. The van der Waals surface area contributed by atoms with Crippen LogP contribution in [0, 0.1) is 5.92 Å². The Morgan fingerprint density at radius 2 is 1.65 bits per heavy atom. The fourth-order valence-electron chi connectivity index (χ4n) is 4.47. The van der Waals surface area contributed by atoms with Crippen molar-refractivity contribution in [1.29, 1.82) is 0 Å². The summed E-state index contributed by atoms with van der Waals surface area (Å²) in [5, 5.41) is 13.0. The van der Waals surface area contributed by atoms with Gasteiger partial charge in [0.25, 0.3) is 0 Å². The molecule has 4 rings (SSSR count). The lowest BCUT2D eigenvalue weighted by molar-refractivity contribution is -0.133. The van der Waals surface area contributed by atoms with Crippen LogP contribution >= 0.6 is 11.6 Å². The van der Waals surface area contributed by atoms with Crippen molar-refractivity contribution in [2.45, 2.75) is 25.2 Å². The third kappa shape index (κ3) is 5.57. The van der Waals surface area contributed by atoms with Crippen molar-refractivity contribution < 1.29 is 14.7 Å². The van der Waals surface area contributed by atoms with E-state index in [9.17, 15) is 14.7 Å². The topological polar surface area (TPSA) is 72.9 Å². The van der Waals surface area contributed by atoms with E-state index in [1.165, 1.54) is 5.56 Å². The molecule has 0 saturated carbocycles. The normalized spacial score (nSPS) is 20.0. The van der Waals surface area contributed by atoms with E-state index in [0.717, 1.165) is 43.9 Å². The van der Waals surface area contributed by atoms with Gasteiger partial charge in [0.15, 0.2) is 0 Å². The number of phenolic OH excluding ortho intramolecular Hbond substituents is 1. The Balaban J connectivity index is 1.22. The number of piperidine rings is 1. The number of halogens is 1. The third-order valence-electron chi connectivity index (χ3n) is 6.33. The summed E-state index contributed by atoms with van der Waals surface area (Å²) in [5.41, 5.74) is 1.96. The third-order valence-corrected chi connectivity index (χ3v) is 6.58. The number of nitrogens with zero attached hydrogens (tertiary/aromatic N) is 2. The summed E-state index contributed by atoms with van der Waals surface area (Å²) in [6, 6.07) is 14.5. The molecule has 2 amide bonds. The molecule has 2 saturated heterocycles. The van der Waals surface area contributed by atoms with E-state index in [1.807, 2.05) is 17.0 Å². The molecule has 1 unspecified atom stereocenters. The SMILES string of the molecule is O=C(Nc1ccc(O)cc1)C1CCN(CC(=O)N2CCC(c3ccc(Cl)cc3)CC2)C1. The molecule has 1 atom stereocenters. The molecule has 2 aliphatic rings. The maximum Gasteiger partial charge on any atom is 0.236 e. The molecule has 0 bridgehead atoms. The van der Waals surface area contributed by atoms with Gasteiger partial charge in [0.05, 0.1) is 12.5 Å². The fourth-order valence-corrected chi connectivity index (χ4v) is 4.59. The summed E-state index contributed by atoms with van der Waals surface area (Å²) in [6.45, 7) is 3.25. The van der Waals surface area contributed by atoms with E-state index in [-0.39, 0.29) is 23.5 Å². The smallest absolute Gasteiger partial charge is 0.236 e. The Labute approximate surface area is 187 Å². The van der Waals surface area contributed by atoms with Gasteiger partial charge in [0.2, 0.25) is 11.8 Å². The molecule has 31 heavy (non-hydrogen) atoms. The van der Waals surface area contributed by atoms with Crippen LogP contribution in [0.25, 0.3) is 0 Å². The van der Waals surface area contributed by atoms with Crippen LogP contribution in [0.4, 0.5) is 5.69 Å². The molecule has 0 aromatic heterocycles. The second kappa shape index (κ2) is 9.71. The van der Waals surface area contributed by atoms with Crippen LogP contribution in [-0.4, -0.2) is 59.4 Å². The first-order chi connectivity index (χ1) is 15.0. The highest BCUT2D eigenvalue weighted by Gasteiger charge is 2.31. The van der Waals surface area contributed by atoms with E-state index < -0.39 is 0 Å². The Morgan fingerprint density at radius 1 is 0.968 bits per heavy atom. The summed E-state index contributed by atoms with van der Waals surface area (Å²) in [4.78, 5) is 29.3. The Kier molecular flexibility index (Phi) is 6.78. The van der Waals surface area contributed by atoms with Crippen LogP contribution in [0.2, 0.25) is 5.02 Å². The minimum atomic E-state index is -0.128. The quantitative estimate of drug-likeness (QED) is 0.694. The van der Waals surface area contributed by atoms with Crippen molar-refractivity contribution in [1.82, 2.24) is 9.80 Å². The predicted octanol–water partition coefficient (Wildman–Crippen LogP) is 3.71. The van der Waals surface area contributed by atoms with E-state index in [4.69, 9.17) is 11.6 Å². The fraction of sp³-hybridized carbons (Fsp3) is 0.417. The molecule has 0 spiro atoms. The molecule has 0 radical (unpaired) electrons. The number of hydrogen-bond acceptors (Lipinski definition) is 4. The van der Waals surface area contributed by atoms with E-state index in [1.54, 1.807) is 24.3 Å². The number of benzene rings is 2. The molecule has 2 aromatic carbocycles. The monoisotopic (exact) mass is 441 g/mol. The second-order valence-electron chi connectivity index (χ2n) is 8.46. The van der Waals surface area contributed by atoms with Crippen LogP contribution in [-0.2, 0) is 9.59 Å². The zero-order valence-electron chi connectivity index (χ0n) is 17.5. The van der Waals surface area contributed by atoms with Crippen molar-refractivity contribution >= 4 is 29.1 Å². The summed E-state index contributed by atoms with van der Waals surface area (Å²) in [5.74, 6) is 0.623. The van der Waals surface area contributed by atoms with Gasteiger partial charge < -0.3 is 15.3 Å². The first kappa shape index (κ1) is 21.7. The Bertz CT molecular complexity index is 909. The average Bonchev–Trinajstić information content (AvgIpc) is 3.25. The van der Waals surface area contributed by atoms with Crippen LogP contribution in [0.1, 0.15) is 30.7 Å². The van der Waals surface area contributed by atoms with Crippen molar-refractivity contribution in [2.24, 2.45) is 5.92 Å². The molecule has 2 N–H and O–H groups in total. The number of carbonyl (C=O) groups excluding carboxylic acids is 2. The minimum Gasteiger partial charge on any atom is -0.508 e. The highest BCUT2D eigenvalue weighted by molar-refractivity contribution is 6.30. The standard InChI is InChI=1S/C24H28ClN3O3/c25-20-3-1-17(2-4-20)18-10-13-28(14-11-18)23(30)16-27-12-9-19(15-27)24(31)26-21-5-7-22(29)8-6-21/h1-8,18-19,29H,9-16H2,(H,26,31). The maximum absolute atomic E-state index is 12.8. The molecule has 2 heterocycles. The highest BCUT2D eigenvalue weighted by Crippen LogP contribution is 2.29. The van der Waals surface area contributed by atoms with E-state index >= 15 is 0 Å².